The Labute approximate surface area is 206 Å². The van der Waals surface area contributed by atoms with E-state index in [1.165, 1.54) is 0 Å². The van der Waals surface area contributed by atoms with Crippen LogP contribution in [-0.4, -0.2) is 80.7 Å². The van der Waals surface area contributed by atoms with Gasteiger partial charge in [-0.2, -0.15) is 0 Å². The SMILES string of the molecule is CC(C)=CC(=O)OC1C(=O)O[C@@H]2C[C@H]3C(C)=C(O)C(=O)C[C@]3(C)[C@H]3[C@@H](O)[C@H](O)[C@]4(C(=O)O)OC[C@]32[C@@H]14. The summed E-state index contributed by atoms with van der Waals surface area (Å²) in [6.07, 6.45) is -5.26. The Morgan fingerprint density at radius 3 is 2.44 bits per heavy atom. The lowest BCUT2D eigenvalue weighted by Crippen LogP contribution is -2.79. The molecular formula is C25H30O11. The van der Waals surface area contributed by atoms with Crippen molar-refractivity contribution < 1.29 is 53.8 Å². The molecule has 0 aromatic heterocycles. The molecule has 1 spiro atoms. The van der Waals surface area contributed by atoms with Gasteiger partial charge in [0.05, 0.1) is 18.6 Å². The summed E-state index contributed by atoms with van der Waals surface area (Å²) in [6.45, 7) is 6.33. The summed E-state index contributed by atoms with van der Waals surface area (Å²) in [7, 11) is 0. The lowest BCUT2D eigenvalue weighted by atomic mass is 9.38. The van der Waals surface area contributed by atoms with Crippen LogP contribution in [0.4, 0.5) is 0 Å². The molecule has 2 saturated carbocycles. The van der Waals surface area contributed by atoms with Gasteiger partial charge in [-0.15, -0.1) is 0 Å². The van der Waals surface area contributed by atoms with Gasteiger partial charge in [-0.3, -0.25) is 4.79 Å². The molecule has 1 unspecified atom stereocenters. The van der Waals surface area contributed by atoms with Crippen LogP contribution in [0.25, 0.3) is 0 Å². The molecule has 0 radical (unpaired) electrons. The van der Waals surface area contributed by atoms with Crippen molar-refractivity contribution in [1.29, 1.82) is 0 Å². The van der Waals surface area contributed by atoms with E-state index >= 15 is 0 Å². The van der Waals surface area contributed by atoms with Crippen molar-refractivity contribution in [2.75, 3.05) is 6.61 Å². The number of carbonyl (C=O) groups is 4. The molecule has 11 heteroatoms. The first-order chi connectivity index (χ1) is 16.7. The summed E-state index contributed by atoms with van der Waals surface area (Å²) in [5.74, 6) is -7.26. The molecule has 4 N–H and O–H groups in total. The van der Waals surface area contributed by atoms with E-state index in [0.29, 0.717) is 11.1 Å². The number of rotatable bonds is 3. The van der Waals surface area contributed by atoms with Crippen molar-refractivity contribution in [1.82, 2.24) is 0 Å². The predicted molar refractivity (Wildman–Crippen MR) is 118 cm³/mol. The minimum Gasteiger partial charge on any atom is -0.504 e. The van der Waals surface area contributed by atoms with Crippen LogP contribution < -0.4 is 0 Å². The highest BCUT2D eigenvalue weighted by Gasteiger charge is 2.85. The number of fused-ring (bicyclic) bond motifs is 2. The molecule has 5 rings (SSSR count). The number of esters is 2. The number of aliphatic hydroxyl groups excluding tert-OH is 3. The normalized spacial score (nSPS) is 46.9. The second-order valence-electron chi connectivity index (χ2n) is 11.3. The van der Waals surface area contributed by atoms with Gasteiger partial charge in [0, 0.05) is 23.8 Å². The van der Waals surface area contributed by atoms with E-state index < -0.39 is 82.3 Å². The molecular weight excluding hydrogens is 476 g/mol. The Balaban J connectivity index is 1.73. The van der Waals surface area contributed by atoms with E-state index in [4.69, 9.17) is 14.2 Å². The fraction of sp³-hybridized carbons (Fsp3) is 0.680. The molecule has 4 fully saturated rings. The molecule has 2 saturated heterocycles. The molecule has 0 aromatic rings. The number of ketones is 1. The highest BCUT2D eigenvalue weighted by Crippen LogP contribution is 2.72. The van der Waals surface area contributed by atoms with Crippen LogP contribution in [0.1, 0.15) is 40.5 Å². The molecule has 10 atom stereocenters. The molecule has 2 bridgehead atoms. The third-order valence-corrected chi connectivity index (χ3v) is 9.32. The first-order valence-corrected chi connectivity index (χ1v) is 12.0. The standard InChI is InChI=1S/C25H30O11/c1-9(2)5-14(27)36-17-19-24-8-34-25(19,22(32)33)20(30)16(29)18(24)23(4)7-12(26)15(28)10(3)11(23)6-13(24)35-21(17)31/h5,11,13,16-20,28-30H,6-8H2,1-4H3,(H,32,33)/t11-,13+,16+,17?,18+,19+,20-,23-,24+,25+/m0/s1. The third kappa shape index (κ3) is 2.79. The number of hydrogen-bond acceptors (Lipinski definition) is 10. The number of allylic oxidation sites excluding steroid dienone is 3. The second kappa shape index (κ2) is 7.62. The second-order valence-corrected chi connectivity index (χ2v) is 11.3. The van der Waals surface area contributed by atoms with Crippen molar-refractivity contribution in [3.63, 3.8) is 0 Å². The van der Waals surface area contributed by atoms with E-state index in [1.807, 2.05) is 0 Å². The zero-order valence-electron chi connectivity index (χ0n) is 20.4. The van der Waals surface area contributed by atoms with E-state index in [2.05, 4.69) is 0 Å². The van der Waals surface area contributed by atoms with Crippen LogP contribution in [0, 0.1) is 28.6 Å². The monoisotopic (exact) mass is 506 g/mol. The van der Waals surface area contributed by atoms with Gasteiger partial charge in [-0.05, 0) is 44.1 Å². The number of aliphatic hydroxyl groups is 3. The molecule has 196 valence electrons. The number of carbonyl (C=O) groups excluding carboxylic acids is 3. The summed E-state index contributed by atoms with van der Waals surface area (Å²) in [6, 6.07) is 0. The van der Waals surface area contributed by atoms with E-state index in [-0.39, 0.29) is 25.2 Å². The van der Waals surface area contributed by atoms with Crippen molar-refractivity contribution >= 4 is 23.7 Å². The van der Waals surface area contributed by atoms with E-state index in [9.17, 15) is 39.6 Å². The van der Waals surface area contributed by atoms with Crippen molar-refractivity contribution in [2.45, 2.75) is 70.6 Å². The van der Waals surface area contributed by atoms with Gasteiger partial charge in [0.1, 0.15) is 12.2 Å². The summed E-state index contributed by atoms with van der Waals surface area (Å²) >= 11 is 0. The van der Waals surface area contributed by atoms with Crippen molar-refractivity contribution in [3.05, 3.63) is 23.0 Å². The number of Topliss-reactive ketones (excluding diaryl/α,β-unsaturated/α-hetero) is 1. The summed E-state index contributed by atoms with van der Waals surface area (Å²) in [4.78, 5) is 51.3. The molecule has 0 amide bonds. The summed E-state index contributed by atoms with van der Waals surface area (Å²) in [5.41, 5.74) is -3.90. The molecule has 11 nitrogen and oxygen atoms in total. The number of aliphatic carboxylic acids is 1. The molecule has 36 heavy (non-hydrogen) atoms. The van der Waals surface area contributed by atoms with Crippen LogP contribution in [-0.2, 0) is 33.4 Å². The minimum atomic E-state index is -2.45. The van der Waals surface area contributed by atoms with Gasteiger partial charge in [-0.25, -0.2) is 14.4 Å². The summed E-state index contributed by atoms with van der Waals surface area (Å²) < 4.78 is 17.1. The Bertz CT molecular complexity index is 1130. The first kappa shape index (κ1) is 24.9. The quantitative estimate of drug-likeness (QED) is 0.308. The van der Waals surface area contributed by atoms with Crippen LogP contribution in [0.3, 0.4) is 0 Å². The Hall–Kier alpha value is -2.76. The van der Waals surface area contributed by atoms with Gasteiger partial charge in [0.15, 0.2) is 11.5 Å². The maximum atomic E-state index is 13.2. The third-order valence-electron chi connectivity index (χ3n) is 9.32. The smallest absolute Gasteiger partial charge is 0.348 e. The molecule has 5 aliphatic rings. The molecule has 3 aliphatic carbocycles. The predicted octanol–water partition coefficient (Wildman–Crippen LogP) is 0.429. The van der Waals surface area contributed by atoms with Crippen molar-refractivity contribution in [3.8, 4) is 0 Å². The van der Waals surface area contributed by atoms with Crippen LogP contribution in [0.15, 0.2) is 23.0 Å². The lowest BCUT2D eigenvalue weighted by Gasteiger charge is -2.67. The zero-order chi connectivity index (χ0) is 26.5. The molecule has 2 heterocycles. The maximum absolute atomic E-state index is 13.2. The van der Waals surface area contributed by atoms with Gasteiger partial charge >= 0.3 is 17.9 Å². The Morgan fingerprint density at radius 1 is 1.17 bits per heavy atom. The van der Waals surface area contributed by atoms with Crippen LogP contribution >= 0.6 is 0 Å². The van der Waals surface area contributed by atoms with Crippen LogP contribution in [0.5, 0.6) is 0 Å². The van der Waals surface area contributed by atoms with Crippen molar-refractivity contribution in [2.24, 2.45) is 28.6 Å². The molecule has 2 aliphatic heterocycles. The number of carboxylic acid groups (broad SMARTS) is 1. The topological polar surface area (TPSA) is 177 Å². The van der Waals surface area contributed by atoms with Gasteiger partial charge in [-0.1, -0.05) is 12.5 Å². The minimum absolute atomic E-state index is 0.134. The van der Waals surface area contributed by atoms with E-state index in [0.717, 1.165) is 6.08 Å². The number of hydrogen-bond donors (Lipinski definition) is 4. The first-order valence-electron chi connectivity index (χ1n) is 12.0. The Kier molecular flexibility index (Phi) is 5.28. The zero-order valence-corrected chi connectivity index (χ0v) is 20.4. The van der Waals surface area contributed by atoms with Crippen LogP contribution in [0.2, 0.25) is 0 Å². The van der Waals surface area contributed by atoms with Gasteiger partial charge in [0.2, 0.25) is 11.7 Å². The van der Waals surface area contributed by atoms with E-state index in [1.54, 1.807) is 27.7 Å². The molecule has 0 aromatic carbocycles. The number of ether oxygens (including phenoxy) is 3. The maximum Gasteiger partial charge on any atom is 0.348 e. The summed E-state index contributed by atoms with van der Waals surface area (Å²) in [5, 5.41) is 43.5. The Morgan fingerprint density at radius 2 is 1.83 bits per heavy atom. The number of carboxylic acids is 1. The van der Waals surface area contributed by atoms with Gasteiger partial charge in [0.25, 0.3) is 0 Å². The average Bonchev–Trinajstić information content (AvgIpc) is 3.08. The fourth-order valence-corrected chi connectivity index (χ4v) is 8.11. The average molecular weight is 507 g/mol. The largest absolute Gasteiger partial charge is 0.504 e. The highest BCUT2D eigenvalue weighted by atomic mass is 16.6. The lowest BCUT2D eigenvalue weighted by molar-refractivity contribution is -0.289. The fourth-order valence-electron chi connectivity index (χ4n) is 8.11. The van der Waals surface area contributed by atoms with Gasteiger partial charge < -0.3 is 34.6 Å². The highest BCUT2D eigenvalue weighted by molar-refractivity contribution is 5.95.